The van der Waals surface area contributed by atoms with Gasteiger partial charge in [0.05, 0.1) is 23.4 Å². The predicted octanol–water partition coefficient (Wildman–Crippen LogP) is 1.95. The fourth-order valence-corrected chi connectivity index (χ4v) is 3.46. The number of aliphatic carboxylic acids is 1. The second-order valence-electron chi connectivity index (χ2n) is 6.67. The first-order valence-corrected chi connectivity index (χ1v) is 7.93. The van der Waals surface area contributed by atoms with Crippen molar-refractivity contribution in [2.24, 2.45) is 5.41 Å². The lowest BCUT2D eigenvalue weighted by Gasteiger charge is -2.58. The molecule has 1 amide bonds. The molecule has 0 saturated heterocycles. The maximum atomic E-state index is 12.8. The van der Waals surface area contributed by atoms with Gasteiger partial charge < -0.3 is 15.2 Å². The molecule has 1 aliphatic carbocycles. The average Bonchev–Trinajstić information content (AvgIpc) is 3.01. The molecule has 1 aromatic heterocycles. The summed E-state index contributed by atoms with van der Waals surface area (Å²) in [5.41, 5.74) is -1.10. The van der Waals surface area contributed by atoms with Crippen molar-refractivity contribution in [3.63, 3.8) is 0 Å². The third kappa shape index (κ3) is 2.19. The number of carbonyl (C=O) groups excluding carboxylic acids is 1. The van der Waals surface area contributed by atoms with E-state index in [1.165, 1.54) is 0 Å². The molecule has 7 heteroatoms. The topological polar surface area (TPSA) is 104 Å². The molecule has 3 rings (SSSR count). The van der Waals surface area contributed by atoms with Gasteiger partial charge in [0.2, 0.25) is 0 Å². The van der Waals surface area contributed by atoms with E-state index >= 15 is 0 Å². The molecular weight excluding hydrogens is 310 g/mol. The van der Waals surface area contributed by atoms with Crippen molar-refractivity contribution < 1.29 is 19.4 Å². The van der Waals surface area contributed by atoms with Gasteiger partial charge in [0.25, 0.3) is 5.91 Å². The van der Waals surface area contributed by atoms with E-state index in [-0.39, 0.29) is 12.5 Å². The summed E-state index contributed by atoms with van der Waals surface area (Å²) in [6.45, 7) is 5.99. The number of hydrogen-bond donors (Lipinski definition) is 3. The van der Waals surface area contributed by atoms with E-state index < -0.39 is 22.8 Å². The van der Waals surface area contributed by atoms with Gasteiger partial charge in [0.1, 0.15) is 5.54 Å². The van der Waals surface area contributed by atoms with Crippen molar-refractivity contribution in [1.82, 2.24) is 15.5 Å². The van der Waals surface area contributed by atoms with Crippen molar-refractivity contribution in [2.45, 2.75) is 38.8 Å². The Balaban J connectivity index is 1.92. The molecule has 1 saturated carbocycles. The number of fused-ring (bicyclic) bond motifs is 1. The number of para-hydroxylation sites is 1. The van der Waals surface area contributed by atoms with Crippen molar-refractivity contribution in [3.05, 3.63) is 30.0 Å². The lowest BCUT2D eigenvalue weighted by molar-refractivity contribution is -0.190. The van der Waals surface area contributed by atoms with Crippen LogP contribution in [0.25, 0.3) is 10.9 Å². The second kappa shape index (κ2) is 5.59. The van der Waals surface area contributed by atoms with E-state index in [1.807, 2.05) is 26.8 Å². The quantitative estimate of drug-likeness (QED) is 0.777. The number of hydrogen-bond acceptors (Lipinski definition) is 4. The number of carboxylic acid groups (broad SMARTS) is 1. The molecule has 7 nitrogen and oxygen atoms in total. The van der Waals surface area contributed by atoms with E-state index in [0.29, 0.717) is 17.7 Å². The number of nitrogens with one attached hydrogen (secondary N) is 2. The second-order valence-corrected chi connectivity index (χ2v) is 6.67. The zero-order valence-electron chi connectivity index (χ0n) is 13.9. The van der Waals surface area contributed by atoms with E-state index in [2.05, 4.69) is 15.5 Å². The third-order valence-corrected chi connectivity index (χ3v) is 5.18. The van der Waals surface area contributed by atoms with Gasteiger partial charge in [0, 0.05) is 23.8 Å². The van der Waals surface area contributed by atoms with E-state index in [1.54, 1.807) is 18.3 Å². The van der Waals surface area contributed by atoms with Crippen molar-refractivity contribution >= 4 is 22.8 Å². The van der Waals surface area contributed by atoms with E-state index in [9.17, 15) is 14.7 Å². The molecule has 0 aliphatic heterocycles. The van der Waals surface area contributed by atoms with E-state index in [4.69, 9.17) is 4.74 Å². The number of carboxylic acids is 1. The van der Waals surface area contributed by atoms with Crippen LogP contribution in [0.15, 0.2) is 24.4 Å². The SMILES string of the molecule is CCOC1CC(NC(=O)c2cccc3cn[nH]c23)(C(=O)O)C1(C)C. The van der Waals surface area contributed by atoms with Gasteiger partial charge in [-0.2, -0.15) is 5.10 Å². The molecule has 0 spiro atoms. The van der Waals surface area contributed by atoms with Crippen LogP contribution in [0.4, 0.5) is 0 Å². The first-order chi connectivity index (χ1) is 11.3. The molecule has 0 bridgehead atoms. The summed E-state index contributed by atoms with van der Waals surface area (Å²) in [5, 5.41) is 20.0. The minimum Gasteiger partial charge on any atom is -0.479 e. The largest absolute Gasteiger partial charge is 0.479 e. The van der Waals surface area contributed by atoms with Crippen molar-refractivity contribution in [1.29, 1.82) is 0 Å². The smallest absolute Gasteiger partial charge is 0.330 e. The number of ether oxygens (including phenoxy) is 1. The summed E-state index contributed by atoms with van der Waals surface area (Å²) in [6.07, 6.45) is 1.66. The van der Waals surface area contributed by atoms with Crippen LogP contribution in [-0.2, 0) is 9.53 Å². The molecule has 0 radical (unpaired) electrons. The highest BCUT2D eigenvalue weighted by molar-refractivity contribution is 6.07. The fraction of sp³-hybridized carbons (Fsp3) is 0.471. The molecule has 2 unspecified atom stereocenters. The Morgan fingerprint density at radius 1 is 1.46 bits per heavy atom. The van der Waals surface area contributed by atoms with Crippen LogP contribution in [0.1, 0.15) is 37.6 Å². The maximum absolute atomic E-state index is 12.8. The zero-order chi connectivity index (χ0) is 17.5. The van der Waals surface area contributed by atoms with Crippen LogP contribution >= 0.6 is 0 Å². The molecule has 2 aromatic rings. The molecule has 3 N–H and O–H groups in total. The lowest BCUT2D eigenvalue weighted by atomic mass is 9.54. The minimum atomic E-state index is -1.36. The Morgan fingerprint density at radius 2 is 2.21 bits per heavy atom. The summed E-state index contributed by atoms with van der Waals surface area (Å²) in [4.78, 5) is 24.7. The van der Waals surface area contributed by atoms with Gasteiger partial charge >= 0.3 is 5.97 Å². The van der Waals surface area contributed by atoms with Gasteiger partial charge in [-0.05, 0) is 13.0 Å². The van der Waals surface area contributed by atoms with Crippen LogP contribution in [0.2, 0.25) is 0 Å². The van der Waals surface area contributed by atoms with Gasteiger partial charge in [-0.25, -0.2) is 4.79 Å². The number of rotatable bonds is 5. The number of aromatic amines is 1. The van der Waals surface area contributed by atoms with Gasteiger partial charge in [-0.3, -0.25) is 9.89 Å². The van der Waals surface area contributed by atoms with Gasteiger partial charge in [0.15, 0.2) is 0 Å². The molecule has 1 heterocycles. The van der Waals surface area contributed by atoms with Crippen LogP contribution in [0.3, 0.4) is 0 Å². The minimum absolute atomic E-state index is 0.207. The van der Waals surface area contributed by atoms with E-state index in [0.717, 1.165) is 5.39 Å². The predicted molar refractivity (Wildman–Crippen MR) is 87.7 cm³/mol. The Labute approximate surface area is 139 Å². The van der Waals surface area contributed by atoms with Crippen LogP contribution in [0, 0.1) is 5.41 Å². The lowest BCUT2D eigenvalue weighted by Crippen LogP contribution is -2.76. The number of H-pyrrole nitrogens is 1. The summed E-state index contributed by atoms with van der Waals surface area (Å²) in [5.74, 6) is -1.48. The molecule has 128 valence electrons. The van der Waals surface area contributed by atoms with Crippen LogP contribution < -0.4 is 5.32 Å². The summed E-state index contributed by atoms with van der Waals surface area (Å²) >= 11 is 0. The van der Waals surface area contributed by atoms with Crippen molar-refractivity contribution in [2.75, 3.05) is 6.61 Å². The van der Waals surface area contributed by atoms with Crippen molar-refractivity contribution in [3.8, 4) is 0 Å². The molecule has 2 atom stereocenters. The fourth-order valence-electron chi connectivity index (χ4n) is 3.46. The maximum Gasteiger partial charge on any atom is 0.330 e. The number of aromatic nitrogens is 2. The highest BCUT2D eigenvalue weighted by Crippen LogP contribution is 2.51. The molecule has 1 aromatic carbocycles. The summed E-state index contributed by atoms with van der Waals surface area (Å²) < 4.78 is 5.61. The average molecular weight is 331 g/mol. The summed E-state index contributed by atoms with van der Waals surface area (Å²) in [7, 11) is 0. The number of carbonyl (C=O) groups is 2. The zero-order valence-corrected chi connectivity index (χ0v) is 13.9. The number of amides is 1. The van der Waals surface area contributed by atoms with Crippen LogP contribution in [0.5, 0.6) is 0 Å². The highest BCUT2D eigenvalue weighted by Gasteiger charge is 2.66. The Kier molecular flexibility index (Phi) is 3.83. The molecule has 24 heavy (non-hydrogen) atoms. The third-order valence-electron chi connectivity index (χ3n) is 5.18. The monoisotopic (exact) mass is 331 g/mol. The molecule has 1 aliphatic rings. The van der Waals surface area contributed by atoms with Gasteiger partial charge in [-0.15, -0.1) is 0 Å². The number of benzene rings is 1. The first-order valence-electron chi connectivity index (χ1n) is 7.93. The standard InChI is InChI=1S/C17H21N3O4/c1-4-24-12-8-17(15(22)23,16(12,2)3)19-14(21)11-7-5-6-10-9-18-20-13(10)11/h5-7,9,12H,4,8H2,1-3H3,(H,18,20)(H,19,21)(H,22,23). The molecular formula is C17H21N3O4. The molecule has 1 fully saturated rings. The highest BCUT2D eigenvalue weighted by atomic mass is 16.5. The number of nitrogens with zero attached hydrogens (tertiary/aromatic N) is 1. The summed E-state index contributed by atoms with van der Waals surface area (Å²) in [6, 6.07) is 5.23. The normalized spacial score (nSPS) is 25.2. The Bertz CT molecular complexity index is 798. The Hall–Kier alpha value is -2.41. The van der Waals surface area contributed by atoms with Gasteiger partial charge in [-0.1, -0.05) is 26.0 Å². The van der Waals surface area contributed by atoms with Crippen LogP contribution in [-0.4, -0.2) is 45.4 Å². The first kappa shape index (κ1) is 16.4. The Morgan fingerprint density at radius 3 is 2.83 bits per heavy atom.